The summed E-state index contributed by atoms with van der Waals surface area (Å²) >= 11 is 0. The second kappa shape index (κ2) is 10.2. The first-order chi connectivity index (χ1) is 13.3. The lowest BCUT2D eigenvalue weighted by Crippen LogP contribution is -2.28. The zero-order valence-electron chi connectivity index (χ0n) is 16.5. The van der Waals surface area contributed by atoms with E-state index in [-0.39, 0.29) is 24.2 Å². The quantitative estimate of drug-likeness (QED) is 0.820. The van der Waals surface area contributed by atoms with Gasteiger partial charge in [0.15, 0.2) is 5.65 Å². The molecule has 1 amide bonds. The molecule has 2 aromatic heterocycles. The molecule has 2 fully saturated rings. The Kier molecular flexibility index (Phi) is 7.62. The van der Waals surface area contributed by atoms with Gasteiger partial charge in [-0.3, -0.25) is 4.79 Å². The van der Waals surface area contributed by atoms with Gasteiger partial charge in [-0.05, 0) is 38.8 Å². The van der Waals surface area contributed by atoms with Crippen LogP contribution in [0, 0.1) is 5.92 Å². The van der Waals surface area contributed by atoms with Crippen LogP contribution in [0.2, 0.25) is 0 Å². The largest absolute Gasteiger partial charge is 0.310 e. The summed E-state index contributed by atoms with van der Waals surface area (Å²) in [7, 11) is 0. The van der Waals surface area contributed by atoms with Crippen LogP contribution in [0.5, 0.6) is 0 Å². The number of rotatable bonds is 5. The Morgan fingerprint density at radius 1 is 1.00 bits per heavy atom. The lowest BCUT2D eigenvalue weighted by Gasteiger charge is -2.20. The molecule has 8 heteroatoms. The molecule has 0 radical (unpaired) electrons. The monoisotopic (exact) mass is 406 g/mol. The molecule has 1 N–H and O–H groups in total. The van der Waals surface area contributed by atoms with Crippen molar-refractivity contribution in [3.63, 3.8) is 0 Å². The van der Waals surface area contributed by atoms with Gasteiger partial charge in [0.2, 0.25) is 5.91 Å². The van der Waals surface area contributed by atoms with Crippen molar-refractivity contribution in [3.8, 4) is 0 Å². The molecular formula is C20H31ClN6O. The zero-order chi connectivity index (χ0) is 18.5. The minimum absolute atomic E-state index is 0. The number of anilines is 1. The van der Waals surface area contributed by atoms with Crippen LogP contribution in [-0.4, -0.2) is 50.2 Å². The number of carbonyl (C=O) groups is 1. The Labute approximate surface area is 172 Å². The standard InChI is InChI=1S/C20H30N6O.ClH/c27-20(16-8-4-3-5-9-16)24-18-17-14-23-26(19(17)22-15-21-18)13-12-25-10-6-1-2-7-11-25;/h14-16H,1-13H2,(H,21,22,24,27);1H. The van der Waals surface area contributed by atoms with E-state index in [0.717, 1.165) is 49.8 Å². The van der Waals surface area contributed by atoms with E-state index in [1.54, 1.807) is 6.20 Å². The number of nitrogens with zero attached hydrogens (tertiary/aromatic N) is 5. The third kappa shape index (κ3) is 5.00. The summed E-state index contributed by atoms with van der Waals surface area (Å²) in [5, 5.41) is 8.38. The summed E-state index contributed by atoms with van der Waals surface area (Å²) in [5.74, 6) is 0.797. The molecule has 28 heavy (non-hydrogen) atoms. The van der Waals surface area contributed by atoms with Gasteiger partial charge in [-0.25, -0.2) is 14.6 Å². The molecule has 1 saturated heterocycles. The van der Waals surface area contributed by atoms with Gasteiger partial charge in [0, 0.05) is 12.5 Å². The number of halogens is 1. The number of aromatic nitrogens is 4. The molecule has 1 aliphatic heterocycles. The Morgan fingerprint density at radius 3 is 2.46 bits per heavy atom. The molecule has 1 saturated carbocycles. The zero-order valence-corrected chi connectivity index (χ0v) is 17.3. The number of fused-ring (bicyclic) bond motifs is 1. The highest BCUT2D eigenvalue weighted by Crippen LogP contribution is 2.26. The molecule has 2 aromatic rings. The fourth-order valence-corrected chi connectivity index (χ4v) is 4.34. The molecule has 2 aliphatic rings. The fourth-order valence-electron chi connectivity index (χ4n) is 4.34. The average Bonchev–Trinajstić information content (AvgIpc) is 2.94. The topological polar surface area (TPSA) is 75.9 Å². The van der Waals surface area contributed by atoms with Crippen molar-refractivity contribution in [3.05, 3.63) is 12.5 Å². The van der Waals surface area contributed by atoms with E-state index in [2.05, 4.69) is 25.3 Å². The molecule has 0 bridgehead atoms. The molecule has 0 atom stereocenters. The van der Waals surface area contributed by atoms with Crippen LogP contribution in [0.25, 0.3) is 11.0 Å². The molecule has 4 rings (SSSR count). The molecule has 3 heterocycles. The maximum atomic E-state index is 12.6. The van der Waals surface area contributed by atoms with E-state index in [1.807, 2.05) is 4.68 Å². The number of carbonyl (C=O) groups excluding carboxylic acids is 1. The van der Waals surface area contributed by atoms with Crippen LogP contribution in [0.15, 0.2) is 12.5 Å². The van der Waals surface area contributed by atoms with Gasteiger partial charge in [0.05, 0.1) is 18.1 Å². The molecule has 0 aromatic carbocycles. The third-order valence-electron chi connectivity index (χ3n) is 5.98. The van der Waals surface area contributed by atoms with Gasteiger partial charge in [-0.1, -0.05) is 32.1 Å². The molecule has 1 aliphatic carbocycles. The van der Waals surface area contributed by atoms with Gasteiger partial charge in [-0.15, -0.1) is 12.4 Å². The summed E-state index contributed by atoms with van der Waals surface area (Å²) in [6, 6.07) is 0. The van der Waals surface area contributed by atoms with Crippen molar-refractivity contribution >= 4 is 35.2 Å². The van der Waals surface area contributed by atoms with Crippen LogP contribution in [0.3, 0.4) is 0 Å². The van der Waals surface area contributed by atoms with Crippen LogP contribution in [-0.2, 0) is 11.3 Å². The maximum Gasteiger partial charge on any atom is 0.228 e. The van der Waals surface area contributed by atoms with E-state index in [9.17, 15) is 4.79 Å². The van der Waals surface area contributed by atoms with Gasteiger partial charge >= 0.3 is 0 Å². The number of hydrogen-bond donors (Lipinski definition) is 1. The second-order valence-electron chi connectivity index (χ2n) is 7.91. The summed E-state index contributed by atoms with van der Waals surface area (Å²) in [6.07, 6.45) is 14.1. The van der Waals surface area contributed by atoms with Crippen molar-refractivity contribution in [2.24, 2.45) is 5.92 Å². The average molecular weight is 407 g/mol. The van der Waals surface area contributed by atoms with Crippen molar-refractivity contribution in [2.75, 3.05) is 25.0 Å². The van der Waals surface area contributed by atoms with E-state index >= 15 is 0 Å². The SMILES string of the molecule is Cl.O=C(Nc1ncnc2c1cnn2CCN1CCCCCC1)C1CCCCC1. The predicted molar refractivity (Wildman–Crippen MR) is 113 cm³/mol. The van der Waals surface area contributed by atoms with E-state index in [0.29, 0.717) is 5.82 Å². The number of likely N-dealkylation sites (tertiary alicyclic amines) is 1. The molecular weight excluding hydrogens is 376 g/mol. The van der Waals surface area contributed by atoms with Crippen molar-refractivity contribution < 1.29 is 4.79 Å². The van der Waals surface area contributed by atoms with Crippen molar-refractivity contribution in [1.82, 2.24) is 24.6 Å². The minimum Gasteiger partial charge on any atom is -0.310 e. The number of amides is 1. The Balaban J connectivity index is 0.00000225. The van der Waals surface area contributed by atoms with Crippen molar-refractivity contribution in [1.29, 1.82) is 0 Å². The number of nitrogens with one attached hydrogen (secondary N) is 1. The molecule has 0 unspecified atom stereocenters. The van der Waals surface area contributed by atoms with E-state index in [4.69, 9.17) is 0 Å². The summed E-state index contributed by atoms with van der Waals surface area (Å²) in [6.45, 7) is 4.16. The van der Waals surface area contributed by atoms with Gasteiger partial charge in [0.25, 0.3) is 0 Å². The number of hydrogen-bond acceptors (Lipinski definition) is 5. The van der Waals surface area contributed by atoms with Gasteiger partial charge < -0.3 is 10.2 Å². The first kappa shape index (κ1) is 21.0. The normalized spacial score (nSPS) is 19.1. The maximum absolute atomic E-state index is 12.6. The lowest BCUT2D eigenvalue weighted by atomic mass is 9.89. The Bertz CT molecular complexity index is 765. The van der Waals surface area contributed by atoms with Crippen LogP contribution >= 0.6 is 12.4 Å². The highest BCUT2D eigenvalue weighted by atomic mass is 35.5. The highest BCUT2D eigenvalue weighted by Gasteiger charge is 2.22. The molecule has 154 valence electrons. The van der Waals surface area contributed by atoms with Crippen LogP contribution < -0.4 is 5.32 Å². The van der Waals surface area contributed by atoms with Crippen LogP contribution in [0.4, 0.5) is 5.82 Å². The Hall–Kier alpha value is -1.73. The third-order valence-corrected chi connectivity index (χ3v) is 5.98. The summed E-state index contributed by atoms with van der Waals surface area (Å²) in [4.78, 5) is 23.8. The second-order valence-corrected chi connectivity index (χ2v) is 7.91. The first-order valence-electron chi connectivity index (χ1n) is 10.5. The van der Waals surface area contributed by atoms with E-state index < -0.39 is 0 Å². The predicted octanol–water partition coefficient (Wildman–Crippen LogP) is 3.64. The molecule has 0 spiro atoms. The minimum atomic E-state index is 0. The fraction of sp³-hybridized carbons (Fsp3) is 0.700. The van der Waals surface area contributed by atoms with Gasteiger partial charge in [0.1, 0.15) is 12.1 Å². The molecule has 7 nitrogen and oxygen atoms in total. The van der Waals surface area contributed by atoms with Crippen LogP contribution in [0.1, 0.15) is 57.8 Å². The Morgan fingerprint density at radius 2 is 1.71 bits per heavy atom. The first-order valence-corrected chi connectivity index (χ1v) is 10.5. The summed E-state index contributed by atoms with van der Waals surface area (Å²) < 4.78 is 1.94. The highest BCUT2D eigenvalue weighted by molar-refractivity contribution is 5.99. The van der Waals surface area contributed by atoms with Gasteiger partial charge in [-0.2, -0.15) is 5.10 Å². The van der Waals surface area contributed by atoms with Crippen molar-refractivity contribution in [2.45, 2.75) is 64.3 Å². The summed E-state index contributed by atoms with van der Waals surface area (Å²) in [5.41, 5.74) is 0.804. The smallest absolute Gasteiger partial charge is 0.228 e. The lowest BCUT2D eigenvalue weighted by molar-refractivity contribution is -0.120. The van der Waals surface area contributed by atoms with E-state index in [1.165, 1.54) is 51.5 Å².